The summed E-state index contributed by atoms with van der Waals surface area (Å²) in [6.07, 6.45) is 9.27. The molecule has 4 heteroatoms. The predicted octanol–water partition coefficient (Wildman–Crippen LogP) is 3.06. The van der Waals surface area contributed by atoms with Crippen molar-refractivity contribution in [2.24, 2.45) is 5.92 Å². The van der Waals surface area contributed by atoms with Gasteiger partial charge in [-0.05, 0) is 46.7 Å². The summed E-state index contributed by atoms with van der Waals surface area (Å²) in [5.74, 6) is 0.837. The molecule has 0 aliphatic heterocycles. The first-order valence-electron chi connectivity index (χ1n) is 8.33. The molecule has 1 saturated carbocycles. The van der Waals surface area contributed by atoms with E-state index in [1.807, 2.05) is 12.5 Å². The number of imidazole rings is 1. The van der Waals surface area contributed by atoms with Crippen LogP contribution in [0.4, 0.5) is 0 Å². The smallest absolute Gasteiger partial charge is 0.0951 e. The first-order valence-corrected chi connectivity index (χ1v) is 8.33. The molecule has 2 atom stereocenters. The fourth-order valence-corrected chi connectivity index (χ4v) is 3.71. The van der Waals surface area contributed by atoms with Gasteiger partial charge in [0.25, 0.3) is 0 Å². The lowest BCUT2D eigenvalue weighted by Gasteiger charge is -2.45. The standard InChI is InChI=1S/C17H32N4/c1-14(2)21-13-19-11-16(21)10-18-12-17(20(4)5)8-6-7-15(3)9-17/h11,13-15,18H,6-10,12H2,1-5H3. The van der Waals surface area contributed by atoms with Crippen molar-refractivity contribution in [3.63, 3.8) is 0 Å². The molecule has 2 rings (SSSR count). The molecule has 4 nitrogen and oxygen atoms in total. The molecule has 1 heterocycles. The van der Waals surface area contributed by atoms with E-state index in [4.69, 9.17) is 0 Å². The zero-order chi connectivity index (χ0) is 15.5. The molecule has 0 amide bonds. The Bertz CT molecular complexity index is 438. The second-order valence-electron chi connectivity index (χ2n) is 7.31. The summed E-state index contributed by atoms with van der Waals surface area (Å²) in [5.41, 5.74) is 1.60. The molecule has 1 aliphatic rings. The maximum absolute atomic E-state index is 4.29. The van der Waals surface area contributed by atoms with Crippen molar-refractivity contribution >= 4 is 0 Å². The van der Waals surface area contributed by atoms with Gasteiger partial charge in [-0.15, -0.1) is 0 Å². The monoisotopic (exact) mass is 292 g/mol. The van der Waals surface area contributed by atoms with E-state index < -0.39 is 0 Å². The number of hydrogen-bond acceptors (Lipinski definition) is 3. The summed E-state index contributed by atoms with van der Waals surface area (Å²) in [5, 5.41) is 3.69. The summed E-state index contributed by atoms with van der Waals surface area (Å²) in [4.78, 5) is 6.73. The van der Waals surface area contributed by atoms with Crippen LogP contribution in [-0.2, 0) is 6.54 Å². The Morgan fingerprint density at radius 3 is 2.86 bits per heavy atom. The lowest BCUT2D eigenvalue weighted by Crippen LogP contribution is -2.54. The van der Waals surface area contributed by atoms with Gasteiger partial charge in [0.05, 0.1) is 12.0 Å². The van der Waals surface area contributed by atoms with Crippen molar-refractivity contribution in [2.45, 2.75) is 64.6 Å². The minimum absolute atomic E-state index is 0.320. The van der Waals surface area contributed by atoms with Gasteiger partial charge < -0.3 is 14.8 Å². The van der Waals surface area contributed by atoms with Gasteiger partial charge in [0.2, 0.25) is 0 Å². The van der Waals surface area contributed by atoms with Crippen molar-refractivity contribution in [3.05, 3.63) is 18.2 Å². The van der Waals surface area contributed by atoms with Crippen LogP contribution in [0.2, 0.25) is 0 Å². The van der Waals surface area contributed by atoms with Gasteiger partial charge >= 0.3 is 0 Å². The quantitative estimate of drug-likeness (QED) is 0.875. The number of hydrogen-bond donors (Lipinski definition) is 1. The van der Waals surface area contributed by atoms with E-state index in [9.17, 15) is 0 Å². The number of nitrogens with one attached hydrogen (secondary N) is 1. The third kappa shape index (κ3) is 3.86. The van der Waals surface area contributed by atoms with Crippen molar-refractivity contribution < 1.29 is 0 Å². The lowest BCUT2D eigenvalue weighted by atomic mass is 9.75. The van der Waals surface area contributed by atoms with Gasteiger partial charge in [0, 0.05) is 30.9 Å². The Morgan fingerprint density at radius 2 is 2.24 bits per heavy atom. The molecule has 1 aromatic heterocycles. The Hall–Kier alpha value is -0.870. The topological polar surface area (TPSA) is 33.1 Å². The molecule has 1 aromatic rings. The fourth-order valence-electron chi connectivity index (χ4n) is 3.71. The molecular weight excluding hydrogens is 260 g/mol. The van der Waals surface area contributed by atoms with Crippen LogP contribution in [0.1, 0.15) is 58.2 Å². The highest BCUT2D eigenvalue weighted by Crippen LogP contribution is 2.35. The zero-order valence-electron chi connectivity index (χ0n) is 14.4. The maximum Gasteiger partial charge on any atom is 0.0951 e. The van der Waals surface area contributed by atoms with Crippen LogP contribution >= 0.6 is 0 Å². The highest BCUT2D eigenvalue weighted by Gasteiger charge is 2.36. The van der Waals surface area contributed by atoms with Crippen LogP contribution in [0.15, 0.2) is 12.5 Å². The first-order chi connectivity index (χ1) is 9.94. The summed E-state index contributed by atoms with van der Waals surface area (Å²) in [7, 11) is 4.47. The molecule has 2 unspecified atom stereocenters. The van der Waals surface area contributed by atoms with Crippen molar-refractivity contribution in [3.8, 4) is 0 Å². The number of rotatable bonds is 6. The Morgan fingerprint density at radius 1 is 1.48 bits per heavy atom. The second kappa shape index (κ2) is 6.93. The summed E-state index contributed by atoms with van der Waals surface area (Å²) >= 11 is 0. The normalized spacial score (nSPS) is 26.7. The van der Waals surface area contributed by atoms with E-state index in [0.717, 1.165) is 19.0 Å². The Kier molecular flexibility index (Phi) is 5.44. The van der Waals surface area contributed by atoms with Crippen LogP contribution in [0.3, 0.4) is 0 Å². The van der Waals surface area contributed by atoms with Gasteiger partial charge in [-0.3, -0.25) is 0 Å². The number of aromatic nitrogens is 2. The minimum Gasteiger partial charge on any atom is -0.331 e. The molecule has 21 heavy (non-hydrogen) atoms. The van der Waals surface area contributed by atoms with E-state index in [0.29, 0.717) is 11.6 Å². The van der Waals surface area contributed by atoms with Gasteiger partial charge in [0.1, 0.15) is 0 Å². The number of likely N-dealkylation sites (N-methyl/N-ethyl adjacent to an activating group) is 1. The average molecular weight is 292 g/mol. The molecule has 1 aliphatic carbocycles. The third-order valence-corrected chi connectivity index (χ3v) is 5.08. The van der Waals surface area contributed by atoms with Crippen molar-refractivity contribution in [1.29, 1.82) is 0 Å². The molecule has 0 spiro atoms. The van der Waals surface area contributed by atoms with Crippen LogP contribution in [0.25, 0.3) is 0 Å². The first kappa shape index (κ1) is 16.5. The minimum atomic E-state index is 0.320. The second-order valence-corrected chi connectivity index (χ2v) is 7.31. The number of nitrogens with zero attached hydrogens (tertiary/aromatic N) is 3. The van der Waals surface area contributed by atoms with Gasteiger partial charge in [0.15, 0.2) is 0 Å². The Labute approximate surface area is 129 Å². The van der Waals surface area contributed by atoms with E-state index in [2.05, 4.69) is 54.6 Å². The Balaban J connectivity index is 1.95. The third-order valence-electron chi connectivity index (χ3n) is 5.08. The fraction of sp³-hybridized carbons (Fsp3) is 0.824. The molecule has 0 saturated heterocycles. The zero-order valence-corrected chi connectivity index (χ0v) is 14.4. The summed E-state index contributed by atoms with van der Waals surface area (Å²) in [6.45, 7) is 8.77. The maximum atomic E-state index is 4.29. The molecular formula is C17H32N4. The van der Waals surface area contributed by atoms with E-state index >= 15 is 0 Å². The largest absolute Gasteiger partial charge is 0.331 e. The van der Waals surface area contributed by atoms with Crippen LogP contribution < -0.4 is 5.32 Å². The van der Waals surface area contributed by atoms with Crippen molar-refractivity contribution in [2.75, 3.05) is 20.6 Å². The highest BCUT2D eigenvalue weighted by molar-refractivity contribution is 5.01. The van der Waals surface area contributed by atoms with Crippen LogP contribution in [-0.4, -0.2) is 40.6 Å². The SMILES string of the molecule is CC1CCCC(CNCc2cncn2C(C)C)(N(C)C)C1. The molecule has 0 radical (unpaired) electrons. The highest BCUT2D eigenvalue weighted by atomic mass is 15.2. The predicted molar refractivity (Wildman–Crippen MR) is 88.4 cm³/mol. The van der Waals surface area contributed by atoms with Crippen molar-refractivity contribution in [1.82, 2.24) is 19.8 Å². The van der Waals surface area contributed by atoms with Crippen LogP contribution in [0, 0.1) is 5.92 Å². The molecule has 1 N–H and O–H groups in total. The average Bonchev–Trinajstić information content (AvgIpc) is 2.87. The van der Waals surface area contributed by atoms with Gasteiger partial charge in [-0.1, -0.05) is 19.8 Å². The summed E-state index contributed by atoms with van der Waals surface area (Å²) < 4.78 is 2.25. The lowest BCUT2D eigenvalue weighted by molar-refractivity contribution is 0.0748. The molecule has 1 fully saturated rings. The van der Waals surface area contributed by atoms with E-state index in [1.165, 1.54) is 31.4 Å². The molecule has 0 bridgehead atoms. The van der Waals surface area contributed by atoms with Crippen LogP contribution in [0.5, 0.6) is 0 Å². The van der Waals surface area contributed by atoms with E-state index in [1.54, 1.807) is 0 Å². The van der Waals surface area contributed by atoms with Gasteiger partial charge in [-0.2, -0.15) is 0 Å². The molecule has 0 aromatic carbocycles. The summed E-state index contributed by atoms with van der Waals surface area (Å²) in [6, 6.07) is 0.474. The van der Waals surface area contributed by atoms with E-state index in [-0.39, 0.29) is 0 Å². The van der Waals surface area contributed by atoms with Gasteiger partial charge in [-0.25, -0.2) is 4.98 Å². The molecule has 120 valence electrons.